The highest BCUT2D eigenvalue weighted by molar-refractivity contribution is 7.80. The second-order valence-corrected chi connectivity index (χ2v) is 11.0. The first-order valence-corrected chi connectivity index (χ1v) is 14.3. The largest absolute Gasteiger partial charge is 0.352 e. The average molecular weight is 560 g/mol. The molecule has 0 radical (unpaired) electrons. The summed E-state index contributed by atoms with van der Waals surface area (Å²) in [6.45, 7) is 6.83. The van der Waals surface area contributed by atoms with Gasteiger partial charge in [0.1, 0.15) is 0 Å². The van der Waals surface area contributed by atoms with E-state index in [1.54, 1.807) is 0 Å². The van der Waals surface area contributed by atoms with E-state index in [0.717, 1.165) is 39.6 Å². The summed E-state index contributed by atoms with van der Waals surface area (Å²) in [7, 11) is 0. The first kappa shape index (κ1) is 26.7. The highest BCUT2D eigenvalue weighted by atomic mass is 32.1. The van der Waals surface area contributed by atoms with Gasteiger partial charge in [0.2, 0.25) is 5.91 Å². The molecular weight excluding hydrogens is 526 g/mol. The number of rotatable bonds is 7. The van der Waals surface area contributed by atoms with Gasteiger partial charge >= 0.3 is 0 Å². The Balaban J connectivity index is 1.36. The Morgan fingerprint density at radius 1 is 0.951 bits per heavy atom. The summed E-state index contributed by atoms with van der Waals surface area (Å²) in [4.78, 5) is 19.8. The maximum atomic E-state index is 13.0. The SMILES string of the molecule is Cc1ccc(NC(=O)CCN2C(=S)N[C@@H](c3ccccn3)[C@@H]2c2cc(C)n(-c3cccc4ccccc34)c2C)cc1. The molecule has 3 aromatic carbocycles. The van der Waals surface area contributed by atoms with E-state index in [9.17, 15) is 4.79 Å². The predicted octanol–water partition coefficient (Wildman–Crippen LogP) is 6.95. The number of hydrogen-bond donors (Lipinski definition) is 2. The first-order valence-electron chi connectivity index (χ1n) is 13.9. The van der Waals surface area contributed by atoms with Crippen molar-refractivity contribution in [3.63, 3.8) is 0 Å². The van der Waals surface area contributed by atoms with Crippen LogP contribution in [0.5, 0.6) is 0 Å². The van der Waals surface area contributed by atoms with Gasteiger partial charge in [0.25, 0.3) is 0 Å². The molecule has 1 fully saturated rings. The number of aromatic nitrogens is 2. The lowest BCUT2D eigenvalue weighted by Gasteiger charge is -2.28. The van der Waals surface area contributed by atoms with Crippen LogP contribution in [-0.2, 0) is 4.79 Å². The average Bonchev–Trinajstić information content (AvgIpc) is 3.47. The number of hydrogen-bond acceptors (Lipinski definition) is 3. The molecule has 206 valence electrons. The first-order chi connectivity index (χ1) is 19.9. The van der Waals surface area contributed by atoms with Crippen LogP contribution in [0.25, 0.3) is 16.5 Å². The van der Waals surface area contributed by atoms with E-state index in [4.69, 9.17) is 12.2 Å². The number of anilines is 1. The number of benzene rings is 3. The molecule has 0 aliphatic carbocycles. The Bertz CT molecular complexity index is 1720. The second kappa shape index (κ2) is 11.2. The standard InChI is InChI=1S/C34H33N5OS/c1-22-14-16-26(17-15-22)36-31(40)18-20-38-33(32(37-34(38)41)29-12-6-7-19-35-29)28-21-23(2)39(24(28)3)30-13-8-10-25-9-4-5-11-27(25)30/h4-17,19,21,32-33H,18,20H2,1-3H3,(H,36,40)(H,37,41)/t32-,33-/m0/s1. The van der Waals surface area contributed by atoms with Crippen molar-refractivity contribution in [1.29, 1.82) is 0 Å². The van der Waals surface area contributed by atoms with Crippen LogP contribution in [0.1, 0.15) is 46.7 Å². The molecule has 7 heteroatoms. The molecule has 6 nitrogen and oxygen atoms in total. The molecule has 2 atom stereocenters. The zero-order chi connectivity index (χ0) is 28.5. The maximum absolute atomic E-state index is 13.0. The van der Waals surface area contributed by atoms with Crippen LogP contribution in [0.15, 0.2) is 97.2 Å². The van der Waals surface area contributed by atoms with Crippen LogP contribution in [0.2, 0.25) is 0 Å². The Morgan fingerprint density at radius 2 is 1.71 bits per heavy atom. The van der Waals surface area contributed by atoms with E-state index in [1.165, 1.54) is 10.8 Å². The van der Waals surface area contributed by atoms with Gasteiger partial charge in [-0.05, 0) is 80.3 Å². The van der Waals surface area contributed by atoms with Crippen molar-refractivity contribution in [3.05, 3.63) is 125 Å². The van der Waals surface area contributed by atoms with Crippen molar-refractivity contribution in [3.8, 4) is 5.69 Å². The van der Waals surface area contributed by atoms with Crippen LogP contribution in [-0.4, -0.2) is 32.0 Å². The summed E-state index contributed by atoms with van der Waals surface area (Å²) >= 11 is 5.88. The van der Waals surface area contributed by atoms with E-state index >= 15 is 0 Å². The van der Waals surface area contributed by atoms with E-state index in [0.29, 0.717) is 18.1 Å². The van der Waals surface area contributed by atoms with Crippen molar-refractivity contribution in [2.24, 2.45) is 0 Å². The van der Waals surface area contributed by atoms with Gasteiger partial charge in [0.05, 0.1) is 23.5 Å². The molecule has 2 N–H and O–H groups in total. The van der Waals surface area contributed by atoms with Crippen LogP contribution >= 0.6 is 12.2 Å². The van der Waals surface area contributed by atoms with Crippen LogP contribution < -0.4 is 10.6 Å². The van der Waals surface area contributed by atoms with Gasteiger partial charge in [-0.25, -0.2) is 0 Å². The number of pyridine rings is 1. The van der Waals surface area contributed by atoms with Crippen molar-refractivity contribution >= 4 is 39.7 Å². The fraction of sp³-hybridized carbons (Fsp3) is 0.206. The minimum atomic E-state index is -0.148. The molecular formula is C34H33N5OS. The predicted molar refractivity (Wildman–Crippen MR) is 169 cm³/mol. The van der Waals surface area contributed by atoms with Gasteiger partial charge in [-0.1, -0.05) is 60.2 Å². The minimum absolute atomic E-state index is 0.0436. The fourth-order valence-electron chi connectivity index (χ4n) is 5.93. The third-order valence-electron chi connectivity index (χ3n) is 7.91. The number of carbonyl (C=O) groups is 1. The van der Waals surface area contributed by atoms with Crippen LogP contribution in [0, 0.1) is 20.8 Å². The van der Waals surface area contributed by atoms with Crippen molar-refractivity contribution in [1.82, 2.24) is 19.8 Å². The maximum Gasteiger partial charge on any atom is 0.226 e. The molecule has 2 aromatic heterocycles. The number of nitrogens with one attached hydrogen (secondary N) is 2. The van der Waals surface area contributed by atoms with Gasteiger partial charge < -0.3 is 20.1 Å². The fourth-order valence-corrected chi connectivity index (χ4v) is 6.26. The summed E-state index contributed by atoms with van der Waals surface area (Å²) in [5.41, 5.74) is 7.47. The number of fused-ring (bicyclic) bond motifs is 1. The highest BCUT2D eigenvalue weighted by Crippen LogP contribution is 2.42. The number of carbonyl (C=O) groups excluding carboxylic acids is 1. The summed E-state index contributed by atoms with van der Waals surface area (Å²) in [5, 5.41) is 9.59. The molecule has 0 unspecified atom stereocenters. The summed E-state index contributed by atoms with van der Waals surface area (Å²) in [6, 6.07) is 30.7. The molecule has 41 heavy (non-hydrogen) atoms. The molecule has 0 spiro atoms. The number of aryl methyl sites for hydroxylation is 2. The Labute approximate surface area is 246 Å². The van der Waals surface area contributed by atoms with E-state index < -0.39 is 0 Å². The van der Waals surface area contributed by atoms with Crippen molar-refractivity contribution < 1.29 is 4.79 Å². The second-order valence-electron chi connectivity index (χ2n) is 10.6. The van der Waals surface area contributed by atoms with Crippen molar-refractivity contribution in [2.75, 3.05) is 11.9 Å². The normalized spacial score (nSPS) is 16.7. The summed E-state index contributed by atoms with van der Waals surface area (Å²) < 4.78 is 2.33. The smallest absolute Gasteiger partial charge is 0.226 e. The van der Waals surface area contributed by atoms with E-state index in [2.05, 4.69) is 87.5 Å². The third kappa shape index (κ3) is 5.21. The quantitative estimate of drug-likeness (QED) is 0.211. The number of thiocarbonyl (C=S) groups is 1. The molecule has 0 bridgehead atoms. The third-order valence-corrected chi connectivity index (χ3v) is 8.26. The monoisotopic (exact) mass is 559 g/mol. The van der Waals surface area contributed by atoms with Gasteiger partial charge in [-0.3, -0.25) is 9.78 Å². The van der Waals surface area contributed by atoms with Gasteiger partial charge in [0.15, 0.2) is 5.11 Å². The molecule has 5 aromatic rings. The summed E-state index contributed by atoms with van der Waals surface area (Å²) in [5.74, 6) is -0.0436. The number of amides is 1. The Kier molecular flexibility index (Phi) is 7.28. The molecule has 1 aliphatic heterocycles. The lowest BCUT2D eigenvalue weighted by Crippen LogP contribution is -2.32. The molecule has 1 saturated heterocycles. The lowest BCUT2D eigenvalue weighted by atomic mass is 9.96. The molecule has 6 rings (SSSR count). The Hall–Kier alpha value is -4.49. The Morgan fingerprint density at radius 3 is 2.49 bits per heavy atom. The van der Waals surface area contributed by atoms with Gasteiger partial charge in [-0.2, -0.15) is 0 Å². The zero-order valence-electron chi connectivity index (χ0n) is 23.5. The van der Waals surface area contributed by atoms with E-state index in [1.807, 2.05) is 55.6 Å². The van der Waals surface area contributed by atoms with Gasteiger partial charge in [0, 0.05) is 41.6 Å². The topological polar surface area (TPSA) is 62.2 Å². The van der Waals surface area contributed by atoms with E-state index in [-0.39, 0.29) is 18.0 Å². The van der Waals surface area contributed by atoms with Crippen molar-refractivity contribution in [2.45, 2.75) is 39.3 Å². The highest BCUT2D eigenvalue weighted by Gasteiger charge is 2.41. The zero-order valence-corrected chi connectivity index (χ0v) is 24.3. The van der Waals surface area contributed by atoms with Crippen LogP contribution in [0.4, 0.5) is 5.69 Å². The molecule has 3 heterocycles. The lowest BCUT2D eigenvalue weighted by molar-refractivity contribution is -0.116. The summed E-state index contributed by atoms with van der Waals surface area (Å²) in [6.07, 6.45) is 2.12. The van der Waals surface area contributed by atoms with Crippen LogP contribution in [0.3, 0.4) is 0 Å². The molecule has 1 amide bonds. The molecule has 1 aliphatic rings. The number of nitrogens with zero attached hydrogens (tertiary/aromatic N) is 3. The molecule has 0 saturated carbocycles. The minimum Gasteiger partial charge on any atom is -0.352 e. The van der Waals surface area contributed by atoms with Gasteiger partial charge in [-0.15, -0.1) is 0 Å².